The van der Waals surface area contributed by atoms with Gasteiger partial charge in [-0.15, -0.1) is 0 Å². The minimum absolute atomic E-state index is 0.0309. The molecule has 1 atom stereocenters. The van der Waals surface area contributed by atoms with Gasteiger partial charge >= 0.3 is 5.97 Å². The molecule has 0 heterocycles. The number of unbranched alkanes of at least 4 members (excludes halogenated alkanes) is 10. The first kappa shape index (κ1) is 20.1. The van der Waals surface area contributed by atoms with Crippen molar-refractivity contribution in [3.63, 3.8) is 0 Å². The molecule has 3 nitrogen and oxygen atoms in total. The van der Waals surface area contributed by atoms with Gasteiger partial charge in [-0.2, -0.15) is 0 Å². The van der Waals surface area contributed by atoms with Crippen LogP contribution in [0.15, 0.2) is 0 Å². The Morgan fingerprint density at radius 2 is 1.24 bits per heavy atom. The van der Waals surface area contributed by atoms with E-state index in [0.29, 0.717) is 6.42 Å². The van der Waals surface area contributed by atoms with Gasteiger partial charge in [0.25, 0.3) is 0 Å². The Bertz CT molecular complexity index is 274. The monoisotopic (exact) mass is 298 g/mol. The third-order valence-corrected chi connectivity index (χ3v) is 4.06. The summed E-state index contributed by atoms with van der Waals surface area (Å²) in [5, 5.41) is 8.64. The highest BCUT2D eigenvalue weighted by molar-refractivity contribution is 5.84. The average Bonchev–Trinajstić information content (AvgIpc) is 2.43. The van der Waals surface area contributed by atoms with Crippen LogP contribution in [0.1, 0.15) is 97.3 Å². The third kappa shape index (κ3) is 13.9. The van der Waals surface area contributed by atoms with Crippen molar-refractivity contribution in [1.82, 2.24) is 0 Å². The quantitative estimate of drug-likeness (QED) is 0.414. The number of hydrogen-bond donors (Lipinski definition) is 1. The summed E-state index contributed by atoms with van der Waals surface area (Å²) in [5.41, 5.74) is 0. The molecule has 0 amide bonds. The lowest BCUT2D eigenvalue weighted by atomic mass is 9.97. The standard InChI is InChI=1S/C18H34O3/c1-3-4-5-6-7-8-9-10-11-12-13-14-17(19)16(2)15-18(20)21/h16H,3-15H2,1-2H3,(H,20,21). The minimum Gasteiger partial charge on any atom is -0.481 e. The largest absolute Gasteiger partial charge is 0.481 e. The van der Waals surface area contributed by atoms with Gasteiger partial charge in [0.2, 0.25) is 0 Å². The van der Waals surface area contributed by atoms with Crippen molar-refractivity contribution < 1.29 is 14.7 Å². The van der Waals surface area contributed by atoms with Gasteiger partial charge in [0.1, 0.15) is 5.78 Å². The highest BCUT2D eigenvalue weighted by Crippen LogP contribution is 2.14. The molecule has 0 aliphatic heterocycles. The predicted molar refractivity (Wildman–Crippen MR) is 87.5 cm³/mol. The molecule has 0 aromatic heterocycles. The Hall–Kier alpha value is -0.860. The van der Waals surface area contributed by atoms with Crippen LogP contribution >= 0.6 is 0 Å². The average molecular weight is 298 g/mol. The number of rotatable bonds is 15. The number of carboxylic acid groups (broad SMARTS) is 1. The van der Waals surface area contributed by atoms with Crippen molar-refractivity contribution in [3.05, 3.63) is 0 Å². The number of ketones is 1. The van der Waals surface area contributed by atoms with Gasteiger partial charge < -0.3 is 5.11 Å². The van der Waals surface area contributed by atoms with Crippen LogP contribution in [0.2, 0.25) is 0 Å². The van der Waals surface area contributed by atoms with Crippen LogP contribution in [0.3, 0.4) is 0 Å². The van der Waals surface area contributed by atoms with E-state index in [4.69, 9.17) is 5.11 Å². The second kappa shape index (κ2) is 14.1. The van der Waals surface area contributed by atoms with E-state index in [2.05, 4.69) is 6.92 Å². The Morgan fingerprint density at radius 3 is 1.67 bits per heavy atom. The maximum atomic E-state index is 11.7. The van der Waals surface area contributed by atoms with Gasteiger partial charge in [0, 0.05) is 12.3 Å². The molecular weight excluding hydrogens is 264 g/mol. The fraction of sp³-hybridized carbons (Fsp3) is 0.889. The molecule has 0 saturated carbocycles. The molecule has 0 bridgehead atoms. The number of carbonyl (C=O) groups is 2. The Morgan fingerprint density at radius 1 is 0.810 bits per heavy atom. The molecule has 0 aliphatic rings. The molecule has 0 rings (SSSR count). The van der Waals surface area contributed by atoms with E-state index in [1.54, 1.807) is 6.92 Å². The van der Waals surface area contributed by atoms with Gasteiger partial charge in [0.15, 0.2) is 0 Å². The van der Waals surface area contributed by atoms with Gasteiger partial charge in [-0.25, -0.2) is 0 Å². The summed E-state index contributed by atoms with van der Waals surface area (Å²) in [5.74, 6) is -1.10. The molecule has 1 N–H and O–H groups in total. The number of carboxylic acids is 1. The van der Waals surface area contributed by atoms with Crippen LogP contribution in [0.4, 0.5) is 0 Å². The number of hydrogen-bond acceptors (Lipinski definition) is 2. The van der Waals surface area contributed by atoms with Crippen molar-refractivity contribution in [2.75, 3.05) is 0 Å². The minimum atomic E-state index is -0.880. The van der Waals surface area contributed by atoms with Crippen molar-refractivity contribution in [1.29, 1.82) is 0 Å². The first-order valence-corrected chi connectivity index (χ1v) is 8.82. The second-order valence-corrected chi connectivity index (χ2v) is 6.25. The first-order chi connectivity index (χ1) is 10.1. The Balaban J connectivity index is 3.28. The number of Topliss-reactive ketones (excluding diaryl/α,β-unsaturated/α-hetero) is 1. The fourth-order valence-electron chi connectivity index (χ4n) is 2.59. The van der Waals surface area contributed by atoms with Crippen LogP contribution in [-0.4, -0.2) is 16.9 Å². The van der Waals surface area contributed by atoms with Gasteiger partial charge in [-0.1, -0.05) is 78.1 Å². The highest BCUT2D eigenvalue weighted by Gasteiger charge is 2.15. The fourth-order valence-corrected chi connectivity index (χ4v) is 2.59. The van der Waals surface area contributed by atoms with Crippen molar-refractivity contribution in [3.8, 4) is 0 Å². The predicted octanol–water partition coefficient (Wildman–Crippen LogP) is 5.37. The lowest BCUT2D eigenvalue weighted by Crippen LogP contribution is -2.14. The van der Waals surface area contributed by atoms with Crippen LogP contribution in [0.25, 0.3) is 0 Å². The smallest absolute Gasteiger partial charge is 0.304 e. The van der Waals surface area contributed by atoms with Gasteiger partial charge in [-0.05, 0) is 6.42 Å². The van der Waals surface area contributed by atoms with Crippen molar-refractivity contribution in [2.45, 2.75) is 97.3 Å². The number of carbonyl (C=O) groups excluding carboxylic acids is 1. The summed E-state index contributed by atoms with van der Waals surface area (Å²) in [6.45, 7) is 3.96. The molecule has 0 fully saturated rings. The zero-order valence-corrected chi connectivity index (χ0v) is 14.0. The maximum Gasteiger partial charge on any atom is 0.304 e. The van der Waals surface area contributed by atoms with Crippen LogP contribution in [-0.2, 0) is 9.59 Å². The topological polar surface area (TPSA) is 54.4 Å². The maximum absolute atomic E-state index is 11.7. The van der Waals surface area contributed by atoms with Crippen molar-refractivity contribution >= 4 is 11.8 Å². The molecule has 21 heavy (non-hydrogen) atoms. The molecule has 3 heteroatoms. The summed E-state index contributed by atoms with van der Waals surface area (Å²) in [6, 6.07) is 0. The third-order valence-electron chi connectivity index (χ3n) is 4.06. The molecule has 124 valence electrons. The van der Waals surface area contributed by atoms with Crippen LogP contribution in [0, 0.1) is 5.92 Å². The summed E-state index contributed by atoms with van der Waals surface area (Å²) < 4.78 is 0. The highest BCUT2D eigenvalue weighted by atomic mass is 16.4. The normalized spacial score (nSPS) is 12.3. The summed E-state index contributed by atoms with van der Waals surface area (Å²) in [6.07, 6.45) is 14.5. The van der Waals surface area contributed by atoms with E-state index in [-0.39, 0.29) is 18.1 Å². The van der Waals surface area contributed by atoms with E-state index >= 15 is 0 Å². The van der Waals surface area contributed by atoms with E-state index in [0.717, 1.165) is 12.8 Å². The molecule has 0 spiro atoms. The van der Waals surface area contributed by atoms with E-state index < -0.39 is 5.97 Å². The van der Waals surface area contributed by atoms with Crippen LogP contribution < -0.4 is 0 Å². The molecule has 1 unspecified atom stereocenters. The zero-order chi connectivity index (χ0) is 15.9. The Labute approximate surface area is 130 Å². The van der Waals surface area contributed by atoms with Gasteiger partial charge in [-0.3, -0.25) is 9.59 Å². The molecular formula is C18H34O3. The van der Waals surface area contributed by atoms with Crippen LogP contribution in [0.5, 0.6) is 0 Å². The van der Waals surface area contributed by atoms with E-state index in [1.807, 2.05) is 0 Å². The summed E-state index contributed by atoms with van der Waals surface area (Å²) in [4.78, 5) is 22.2. The molecule has 0 saturated heterocycles. The number of aliphatic carboxylic acids is 1. The lowest BCUT2D eigenvalue weighted by Gasteiger charge is -2.07. The summed E-state index contributed by atoms with van der Waals surface area (Å²) >= 11 is 0. The first-order valence-electron chi connectivity index (χ1n) is 8.82. The SMILES string of the molecule is CCCCCCCCCCCCCC(=O)C(C)CC(=O)O. The second-order valence-electron chi connectivity index (χ2n) is 6.25. The molecule has 0 aromatic carbocycles. The van der Waals surface area contributed by atoms with Gasteiger partial charge in [0.05, 0.1) is 6.42 Å². The Kier molecular flexibility index (Phi) is 13.5. The molecule has 0 aliphatic carbocycles. The summed E-state index contributed by atoms with van der Waals surface area (Å²) in [7, 11) is 0. The van der Waals surface area contributed by atoms with Crippen molar-refractivity contribution in [2.24, 2.45) is 5.92 Å². The van der Waals surface area contributed by atoms with E-state index in [1.165, 1.54) is 57.8 Å². The molecule has 0 aromatic rings. The van der Waals surface area contributed by atoms with E-state index in [9.17, 15) is 9.59 Å². The zero-order valence-electron chi connectivity index (χ0n) is 14.0. The lowest BCUT2D eigenvalue weighted by molar-refractivity contribution is -0.140. The molecule has 0 radical (unpaired) electrons.